The molecule has 0 unspecified atom stereocenters. The summed E-state index contributed by atoms with van der Waals surface area (Å²) in [6.45, 7) is 6.58. The summed E-state index contributed by atoms with van der Waals surface area (Å²) < 4.78 is 39.3. The van der Waals surface area contributed by atoms with Crippen LogP contribution in [0, 0.1) is 0 Å². The van der Waals surface area contributed by atoms with E-state index in [2.05, 4.69) is 21.6 Å². The van der Waals surface area contributed by atoms with Gasteiger partial charge in [-0.1, -0.05) is 51.1 Å². The van der Waals surface area contributed by atoms with Crippen LogP contribution in [0.3, 0.4) is 0 Å². The zero-order valence-corrected chi connectivity index (χ0v) is 17.5. The largest absolute Gasteiger partial charge is 0.416 e. The van der Waals surface area contributed by atoms with Gasteiger partial charge in [-0.3, -0.25) is 4.99 Å². The maximum Gasteiger partial charge on any atom is 0.416 e. The number of nitrogens with zero attached hydrogens (tertiary/aromatic N) is 1. The van der Waals surface area contributed by atoms with Crippen molar-refractivity contribution in [3.8, 4) is 0 Å². The molecule has 0 saturated heterocycles. The van der Waals surface area contributed by atoms with Crippen molar-refractivity contribution < 1.29 is 13.2 Å². The van der Waals surface area contributed by atoms with Crippen LogP contribution < -0.4 is 22.3 Å². The summed E-state index contributed by atoms with van der Waals surface area (Å²) in [5.74, 6) is 0.406. The molecule has 2 aromatic rings. The number of aliphatic imine (C=N–C) groups is 1. The van der Waals surface area contributed by atoms with E-state index in [1.807, 2.05) is 20.8 Å². The molecule has 0 spiro atoms. The van der Waals surface area contributed by atoms with Gasteiger partial charge in [0.15, 0.2) is 0 Å². The predicted molar refractivity (Wildman–Crippen MR) is 115 cm³/mol. The number of rotatable bonds is 6. The summed E-state index contributed by atoms with van der Waals surface area (Å²) in [7, 11) is 1.50. The van der Waals surface area contributed by atoms with Crippen LogP contribution in [-0.4, -0.2) is 19.4 Å². The lowest BCUT2D eigenvalue weighted by Gasteiger charge is -2.15. The highest BCUT2D eigenvalue weighted by atomic mass is 19.4. The number of alkyl halides is 3. The minimum atomic E-state index is -4.41. The minimum absolute atomic E-state index is 0.110. The molecule has 0 aliphatic carbocycles. The Balaban J connectivity index is 0.00000184. The second-order valence-corrected chi connectivity index (χ2v) is 5.46. The number of hydrogen-bond donors (Lipinski definition) is 4. The monoisotopic (exact) mass is 411 g/mol. The van der Waals surface area contributed by atoms with Gasteiger partial charge in [-0.15, -0.1) is 0 Å². The fourth-order valence-corrected chi connectivity index (χ4v) is 2.27. The number of nitrogen functional groups attached to an aromatic ring is 1. The maximum absolute atomic E-state index is 13.1. The number of benzene rings is 2. The topological polar surface area (TPSA) is 88.5 Å². The van der Waals surface area contributed by atoms with E-state index in [0.717, 1.165) is 12.5 Å². The Bertz CT molecular complexity index is 730. The van der Waals surface area contributed by atoms with Crippen LogP contribution in [0.15, 0.2) is 53.5 Å². The Labute approximate surface area is 171 Å². The van der Waals surface area contributed by atoms with E-state index in [9.17, 15) is 13.2 Å². The first kappa shape index (κ1) is 26.4. The smallest absolute Gasteiger partial charge is 0.398 e. The summed E-state index contributed by atoms with van der Waals surface area (Å²) in [6.07, 6.45) is -3.52. The third kappa shape index (κ3) is 8.97. The molecule has 0 aromatic heterocycles. The van der Waals surface area contributed by atoms with Gasteiger partial charge >= 0.3 is 6.18 Å². The molecule has 0 bridgehead atoms. The quantitative estimate of drug-likeness (QED) is 0.187. The number of hydrazine groups is 1. The highest BCUT2D eigenvalue weighted by molar-refractivity contribution is 6.02. The molecular formula is C21H32F3N5. The SMILES string of the molecule is CC.CCCNNC(=NCc1ccccc1C(F)(F)F)c1ccccc1N.CN. The molecule has 0 atom stereocenters. The second kappa shape index (κ2) is 14.4. The fourth-order valence-electron chi connectivity index (χ4n) is 2.27. The molecular weight excluding hydrogens is 379 g/mol. The Kier molecular flexibility index (Phi) is 13.1. The lowest BCUT2D eigenvalue weighted by atomic mass is 10.1. The van der Waals surface area contributed by atoms with E-state index in [0.29, 0.717) is 23.6 Å². The first-order valence-corrected chi connectivity index (χ1v) is 9.54. The molecule has 2 rings (SSSR count). The average Bonchev–Trinajstić information content (AvgIpc) is 2.74. The zero-order chi connectivity index (χ0) is 22.3. The lowest BCUT2D eigenvalue weighted by molar-refractivity contribution is -0.138. The molecule has 162 valence electrons. The lowest BCUT2D eigenvalue weighted by Crippen LogP contribution is -2.38. The zero-order valence-electron chi connectivity index (χ0n) is 17.5. The van der Waals surface area contributed by atoms with E-state index >= 15 is 0 Å². The van der Waals surface area contributed by atoms with Crippen LogP contribution in [0.25, 0.3) is 0 Å². The standard InChI is InChI=1S/C18H21F3N4.C2H6.CH5N/c1-2-11-24-25-17(14-8-4-6-10-16(14)22)23-12-13-7-3-5-9-15(13)18(19,20)21;2*1-2/h3-10,24H,2,11-12,22H2,1H3,(H,23,25);1-2H3;2H2,1H3. The van der Waals surface area contributed by atoms with Gasteiger partial charge in [-0.05, 0) is 37.2 Å². The molecule has 0 heterocycles. The van der Waals surface area contributed by atoms with Gasteiger partial charge in [-0.2, -0.15) is 13.2 Å². The number of amidine groups is 1. The average molecular weight is 412 g/mol. The van der Waals surface area contributed by atoms with Crippen molar-refractivity contribution in [3.63, 3.8) is 0 Å². The first-order chi connectivity index (χ1) is 13.9. The van der Waals surface area contributed by atoms with Gasteiger partial charge in [-0.25, -0.2) is 5.43 Å². The second-order valence-electron chi connectivity index (χ2n) is 5.46. The normalized spacial score (nSPS) is 11.0. The molecule has 29 heavy (non-hydrogen) atoms. The van der Waals surface area contributed by atoms with Gasteiger partial charge in [0.05, 0.1) is 12.1 Å². The summed E-state index contributed by atoms with van der Waals surface area (Å²) in [4.78, 5) is 4.33. The number of nitrogens with two attached hydrogens (primary N) is 2. The summed E-state index contributed by atoms with van der Waals surface area (Å²) in [6, 6.07) is 12.5. The first-order valence-electron chi connectivity index (χ1n) is 9.54. The highest BCUT2D eigenvalue weighted by Gasteiger charge is 2.32. The molecule has 2 aromatic carbocycles. The molecule has 0 radical (unpaired) electrons. The third-order valence-corrected chi connectivity index (χ3v) is 3.53. The summed E-state index contributed by atoms with van der Waals surface area (Å²) in [5.41, 5.74) is 17.0. The van der Waals surface area contributed by atoms with Crippen LogP contribution in [0.4, 0.5) is 18.9 Å². The number of anilines is 1. The molecule has 0 saturated carbocycles. The van der Waals surface area contributed by atoms with Gasteiger partial charge in [0.25, 0.3) is 0 Å². The van der Waals surface area contributed by atoms with Crippen LogP contribution in [0.2, 0.25) is 0 Å². The van der Waals surface area contributed by atoms with Crippen molar-refractivity contribution in [3.05, 3.63) is 65.2 Å². The van der Waals surface area contributed by atoms with Crippen molar-refractivity contribution in [2.24, 2.45) is 10.7 Å². The van der Waals surface area contributed by atoms with Crippen molar-refractivity contribution in [2.45, 2.75) is 39.9 Å². The van der Waals surface area contributed by atoms with Gasteiger partial charge in [0.1, 0.15) is 5.84 Å². The van der Waals surface area contributed by atoms with E-state index in [4.69, 9.17) is 5.73 Å². The number of halogens is 3. The van der Waals surface area contributed by atoms with Crippen LogP contribution in [-0.2, 0) is 12.7 Å². The summed E-state index contributed by atoms with van der Waals surface area (Å²) >= 11 is 0. The van der Waals surface area contributed by atoms with E-state index in [1.54, 1.807) is 30.3 Å². The fraction of sp³-hybridized carbons (Fsp3) is 0.381. The van der Waals surface area contributed by atoms with Crippen molar-refractivity contribution >= 4 is 11.5 Å². The van der Waals surface area contributed by atoms with Gasteiger partial charge < -0.3 is 16.9 Å². The minimum Gasteiger partial charge on any atom is -0.398 e. The third-order valence-electron chi connectivity index (χ3n) is 3.53. The molecule has 0 amide bonds. The van der Waals surface area contributed by atoms with E-state index in [-0.39, 0.29) is 12.1 Å². The highest BCUT2D eigenvalue weighted by Crippen LogP contribution is 2.32. The van der Waals surface area contributed by atoms with Crippen molar-refractivity contribution in [1.29, 1.82) is 0 Å². The predicted octanol–water partition coefficient (Wildman–Crippen LogP) is 4.34. The van der Waals surface area contributed by atoms with Gasteiger partial charge in [0, 0.05) is 17.8 Å². The number of para-hydroxylation sites is 1. The molecule has 5 nitrogen and oxygen atoms in total. The Hall–Kier alpha value is -2.58. The number of hydrogen-bond acceptors (Lipinski definition) is 4. The van der Waals surface area contributed by atoms with Crippen LogP contribution in [0.5, 0.6) is 0 Å². The molecule has 0 fully saturated rings. The maximum atomic E-state index is 13.1. The van der Waals surface area contributed by atoms with Gasteiger partial charge in [0.2, 0.25) is 0 Å². The molecule has 0 aliphatic rings. The Morgan fingerprint density at radius 1 is 1.00 bits per heavy atom. The Morgan fingerprint density at radius 3 is 2.17 bits per heavy atom. The molecule has 0 aliphatic heterocycles. The Morgan fingerprint density at radius 2 is 1.59 bits per heavy atom. The molecule has 8 heteroatoms. The van der Waals surface area contributed by atoms with Crippen molar-refractivity contribution in [1.82, 2.24) is 10.9 Å². The van der Waals surface area contributed by atoms with Crippen LogP contribution >= 0.6 is 0 Å². The van der Waals surface area contributed by atoms with E-state index in [1.165, 1.54) is 19.2 Å². The van der Waals surface area contributed by atoms with E-state index < -0.39 is 11.7 Å². The number of nitrogens with one attached hydrogen (secondary N) is 2. The molecule has 6 N–H and O–H groups in total. The van der Waals surface area contributed by atoms with Crippen LogP contribution in [0.1, 0.15) is 43.9 Å². The summed E-state index contributed by atoms with van der Waals surface area (Å²) in [5, 5.41) is 0. The van der Waals surface area contributed by atoms with Crippen molar-refractivity contribution in [2.75, 3.05) is 19.3 Å².